The van der Waals surface area contributed by atoms with Gasteiger partial charge in [0.2, 0.25) is 5.91 Å². The number of amides is 2. The van der Waals surface area contributed by atoms with E-state index in [-0.39, 0.29) is 12.2 Å². The zero-order valence-corrected chi connectivity index (χ0v) is 13.5. The van der Waals surface area contributed by atoms with Crippen molar-refractivity contribution in [2.24, 2.45) is 5.73 Å². The van der Waals surface area contributed by atoms with Gasteiger partial charge in [-0.25, -0.2) is 13.8 Å². The third-order valence-electron chi connectivity index (χ3n) is 4.18. The first kappa shape index (κ1) is 17.1. The van der Waals surface area contributed by atoms with Crippen molar-refractivity contribution in [1.82, 2.24) is 14.9 Å². The first-order valence-electron chi connectivity index (χ1n) is 8.08. The molecule has 0 fully saturated rings. The molecule has 0 aliphatic carbocycles. The predicted molar refractivity (Wildman–Crippen MR) is 86.7 cm³/mol. The molecule has 132 valence electrons. The lowest BCUT2D eigenvalue weighted by molar-refractivity contribution is -0.117. The van der Waals surface area contributed by atoms with Crippen LogP contribution in [0.4, 0.5) is 8.78 Å². The van der Waals surface area contributed by atoms with Crippen molar-refractivity contribution in [2.75, 3.05) is 6.54 Å². The van der Waals surface area contributed by atoms with Crippen LogP contribution in [0.25, 0.3) is 11.4 Å². The Balaban J connectivity index is 2.05. The number of nitrogens with two attached hydrogens (primary N) is 1. The van der Waals surface area contributed by atoms with E-state index in [2.05, 4.69) is 10.3 Å². The fraction of sp³-hybridized carbons (Fsp3) is 0.353. The van der Waals surface area contributed by atoms with Crippen molar-refractivity contribution in [3.8, 4) is 11.4 Å². The number of hydrogen-bond acceptors (Lipinski definition) is 3. The zero-order valence-electron chi connectivity index (χ0n) is 13.5. The minimum Gasteiger partial charge on any atom is -0.368 e. The third kappa shape index (κ3) is 3.52. The molecule has 0 bridgehead atoms. The van der Waals surface area contributed by atoms with Crippen LogP contribution in [-0.2, 0) is 17.8 Å². The summed E-state index contributed by atoms with van der Waals surface area (Å²) in [4.78, 5) is 27.6. The first-order chi connectivity index (χ1) is 12.0. The number of imidazole rings is 1. The second-order valence-corrected chi connectivity index (χ2v) is 5.97. The fourth-order valence-corrected chi connectivity index (χ4v) is 3.01. The van der Waals surface area contributed by atoms with Gasteiger partial charge in [-0.3, -0.25) is 9.59 Å². The number of primary amides is 1. The second kappa shape index (κ2) is 7.00. The molecule has 1 aliphatic heterocycles. The summed E-state index contributed by atoms with van der Waals surface area (Å²) < 4.78 is 28.7. The van der Waals surface area contributed by atoms with Crippen LogP contribution in [0.1, 0.15) is 35.4 Å². The van der Waals surface area contributed by atoms with E-state index in [1.165, 1.54) is 6.07 Å². The van der Waals surface area contributed by atoms with Gasteiger partial charge in [-0.05, 0) is 37.5 Å². The maximum Gasteiger partial charge on any atom is 0.272 e. The number of benzene rings is 1. The van der Waals surface area contributed by atoms with E-state index >= 15 is 0 Å². The summed E-state index contributed by atoms with van der Waals surface area (Å²) in [5.74, 6) is -2.65. The van der Waals surface area contributed by atoms with Crippen molar-refractivity contribution in [3.63, 3.8) is 0 Å². The lowest BCUT2D eigenvalue weighted by atomic mass is 10.1. The molecule has 0 saturated carbocycles. The zero-order chi connectivity index (χ0) is 18.0. The van der Waals surface area contributed by atoms with Crippen LogP contribution in [0.2, 0.25) is 0 Å². The Kier molecular flexibility index (Phi) is 4.78. The van der Waals surface area contributed by atoms with E-state index in [1.807, 2.05) is 4.57 Å². The average Bonchev–Trinajstić information content (AvgIpc) is 2.77. The van der Waals surface area contributed by atoms with Gasteiger partial charge in [0.05, 0.1) is 12.2 Å². The van der Waals surface area contributed by atoms with E-state index < -0.39 is 23.4 Å². The predicted octanol–water partition coefficient (Wildman–Crippen LogP) is 1.77. The number of halogens is 2. The molecule has 1 aromatic carbocycles. The molecule has 2 amide bonds. The van der Waals surface area contributed by atoms with Gasteiger partial charge < -0.3 is 15.6 Å². The van der Waals surface area contributed by atoms with Crippen LogP contribution >= 0.6 is 0 Å². The van der Waals surface area contributed by atoms with Crippen LogP contribution < -0.4 is 11.1 Å². The number of carbonyl (C=O) groups is 2. The Morgan fingerprint density at radius 3 is 2.72 bits per heavy atom. The first-order valence-corrected chi connectivity index (χ1v) is 8.08. The molecule has 0 saturated heterocycles. The lowest BCUT2D eigenvalue weighted by Gasteiger charge is -2.09. The molecule has 0 spiro atoms. The van der Waals surface area contributed by atoms with Crippen molar-refractivity contribution in [1.29, 1.82) is 0 Å². The number of nitrogens with zero attached hydrogens (tertiary/aromatic N) is 2. The van der Waals surface area contributed by atoms with Gasteiger partial charge in [0.1, 0.15) is 11.5 Å². The molecular formula is C17H18F2N4O2. The minimum atomic E-state index is -0.969. The maximum absolute atomic E-state index is 13.6. The van der Waals surface area contributed by atoms with Crippen LogP contribution in [0.3, 0.4) is 0 Å². The van der Waals surface area contributed by atoms with Gasteiger partial charge in [0.25, 0.3) is 5.91 Å². The van der Waals surface area contributed by atoms with Crippen molar-refractivity contribution >= 4 is 11.8 Å². The largest absolute Gasteiger partial charge is 0.368 e. The van der Waals surface area contributed by atoms with Gasteiger partial charge in [0, 0.05) is 12.1 Å². The number of fused-ring (bicyclic) bond motifs is 1. The summed E-state index contributed by atoms with van der Waals surface area (Å²) in [5, 5.41) is 2.43. The summed E-state index contributed by atoms with van der Waals surface area (Å²) in [6, 6.07) is 3.54. The Hall–Kier alpha value is -2.77. The number of hydrogen-bond donors (Lipinski definition) is 2. The van der Waals surface area contributed by atoms with Crippen LogP contribution in [0.5, 0.6) is 0 Å². The molecule has 1 aliphatic rings. The molecule has 0 unspecified atom stereocenters. The van der Waals surface area contributed by atoms with E-state index in [1.54, 1.807) is 0 Å². The summed E-state index contributed by atoms with van der Waals surface area (Å²) in [7, 11) is 0. The van der Waals surface area contributed by atoms with Crippen LogP contribution in [0, 0.1) is 11.6 Å². The topological polar surface area (TPSA) is 90.0 Å². The number of nitrogens with one attached hydrogen (secondary N) is 1. The standard InChI is InChI=1S/C17H18F2N4O2/c18-11-6-5-10(8-12(11)19)16-22-15(17(25)21-9-14(20)24)13-4-2-1-3-7-23(13)16/h5-6,8H,1-4,7,9H2,(H2,20,24)(H,21,25). The number of rotatable bonds is 4. The highest BCUT2D eigenvalue weighted by molar-refractivity contribution is 5.96. The fourth-order valence-electron chi connectivity index (χ4n) is 3.01. The van der Waals surface area contributed by atoms with Gasteiger partial charge in [0.15, 0.2) is 11.6 Å². The minimum absolute atomic E-state index is 0.197. The smallest absolute Gasteiger partial charge is 0.272 e. The van der Waals surface area contributed by atoms with E-state index in [0.29, 0.717) is 24.4 Å². The Morgan fingerprint density at radius 1 is 1.20 bits per heavy atom. The Morgan fingerprint density at radius 2 is 2.00 bits per heavy atom. The van der Waals surface area contributed by atoms with Gasteiger partial charge >= 0.3 is 0 Å². The molecular weight excluding hydrogens is 330 g/mol. The molecule has 2 aromatic rings. The monoisotopic (exact) mass is 348 g/mol. The molecule has 6 nitrogen and oxygen atoms in total. The average molecular weight is 348 g/mol. The maximum atomic E-state index is 13.6. The van der Waals surface area contributed by atoms with Gasteiger partial charge in [-0.15, -0.1) is 0 Å². The number of aromatic nitrogens is 2. The lowest BCUT2D eigenvalue weighted by Crippen LogP contribution is -2.34. The molecule has 3 rings (SSSR count). The highest BCUT2D eigenvalue weighted by atomic mass is 19.2. The molecule has 3 N–H and O–H groups in total. The van der Waals surface area contributed by atoms with Gasteiger partial charge in [-0.1, -0.05) is 6.42 Å². The van der Waals surface area contributed by atoms with Gasteiger partial charge in [-0.2, -0.15) is 0 Å². The molecule has 8 heteroatoms. The quantitative estimate of drug-likeness (QED) is 0.882. The highest BCUT2D eigenvalue weighted by Crippen LogP contribution is 2.28. The molecule has 0 radical (unpaired) electrons. The van der Waals surface area contributed by atoms with E-state index in [0.717, 1.165) is 37.1 Å². The Labute approximate surface area is 143 Å². The van der Waals surface area contributed by atoms with Crippen molar-refractivity contribution in [2.45, 2.75) is 32.2 Å². The second-order valence-electron chi connectivity index (χ2n) is 5.97. The molecule has 25 heavy (non-hydrogen) atoms. The number of carbonyl (C=O) groups excluding carboxylic acids is 2. The van der Waals surface area contributed by atoms with E-state index in [4.69, 9.17) is 5.73 Å². The van der Waals surface area contributed by atoms with Crippen LogP contribution in [0.15, 0.2) is 18.2 Å². The normalized spacial score (nSPS) is 13.8. The molecule has 1 aromatic heterocycles. The summed E-state index contributed by atoms with van der Waals surface area (Å²) in [6.45, 7) is 0.353. The summed E-state index contributed by atoms with van der Waals surface area (Å²) in [6.07, 6.45) is 3.46. The van der Waals surface area contributed by atoms with Crippen molar-refractivity contribution < 1.29 is 18.4 Å². The van der Waals surface area contributed by atoms with Crippen molar-refractivity contribution in [3.05, 3.63) is 41.2 Å². The van der Waals surface area contributed by atoms with E-state index in [9.17, 15) is 18.4 Å². The van der Waals surface area contributed by atoms with Crippen LogP contribution in [-0.4, -0.2) is 27.9 Å². The summed E-state index contributed by atoms with van der Waals surface area (Å²) >= 11 is 0. The third-order valence-corrected chi connectivity index (χ3v) is 4.18. The highest BCUT2D eigenvalue weighted by Gasteiger charge is 2.24. The SMILES string of the molecule is NC(=O)CNC(=O)c1nc(-c2ccc(F)c(F)c2)n2c1CCCCC2. The summed E-state index contributed by atoms with van der Waals surface area (Å²) in [5.41, 5.74) is 6.38. The molecule has 2 heterocycles. The Bertz CT molecular complexity index is 832. The molecule has 0 atom stereocenters.